The third-order valence-corrected chi connectivity index (χ3v) is 5.14. The van der Waals surface area contributed by atoms with Crippen molar-refractivity contribution in [2.24, 2.45) is 5.10 Å². The second-order valence-corrected chi connectivity index (χ2v) is 7.10. The number of rotatable bonds is 2. The molecule has 0 saturated carbocycles. The normalized spacial score (nSPS) is 21.3. The average molecular weight is 395 g/mol. The Hall–Kier alpha value is -2.53. The molecule has 2 aliphatic rings. The van der Waals surface area contributed by atoms with Crippen LogP contribution in [0.25, 0.3) is 0 Å². The van der Waals surface area contributed by atoms with Crippen molar-refractivity contribution in [3.8, 4) is 5.75 Å². The van der Waals surface area contributed by atoms with Crippen LogP contribution in [0.3, 0.4) is 0 Å². The van der Waals surface area contributed by atoms with Crippen molar-refractivity contribution in [1.29, 1.82) is 0 Å². The fourth-order valence-corrected chi connectivity index (χ4v) is 3.86. The minimum atomic E-state index is -0.352. The van der Waals surface area contributed by atoms with E-state index in [2.05, 4.69) is 34.1 Å². The van der Waals surface area contributed by atoms with Crippen LogP contribution in [0.15, 0.2) is 80.9 Å². The molecule has 3 heterocycles. The first-order chi connectivity index (χ1) is 12.3. The lowest BCUT2D eigenvalue weighted by atomic mass is 9.96. The summed E-state index contributed by atoms with van der Waals surface area (Å²) in [5, 5.41) is 6.92. The Bertz CT molecular complexity index is 938. The summed E-state index contributed by atoms with van der Waals surface area (Å²) in [7, 11) is 0. The predicted octanol–water partition coefficient (Wildman–Crippen LogP) is 5.28. The highest BCUT2D eigenvalue weighted by Crippen LogP contribution is 2.48. The predicted molar refractivity (Wildman–Crippen MR) is 98.4 cm³/mol. The molecule has 0 radical (unpaired) electrons. The second-order valence-electron chi connectivity index (χ2n) is 6.18. The quantitative estimate of drug-likeness (QED) is 0.592. The Morgan fingerprint density at radius 2 is 1.92 bits per heavy atom. The maximum Gasteiger partial charge on any atom is 0.246 e. The van der Waals surface area contributed by atoms with E-state index in [1.807, 2.05) is 47.5 Å². The average Bonchev–Trinajstić information content (AvgIpc) is 3.32. The van der Waals surface area contributed by atoms with E-state index in [-0.39, 0.29) is 12.3 Å². The van der Waals surface area contributed by atoms with Crippen molar-refractivity contribution in [2.45, 2.75) is 18.7 Å². The van der Waals surface area contributed by atoms with Crippen LogP contribution in [0.5, 0.6) is 5.75 Å². The van der Waals surface area contributed by atoms with Crippen LogP contribution in [0.1, 0.15) is 35.6 Å². The molecule has 0 spiro atoms. The van der Waals surface area contributed by atoms with E-state index < -0.39 is 0 Å². The van der Waals surface area contributed by atoms with Crippen LogP contribution in [0.4, 0.5) is 0 Å². The molecule has 2 aliphatic heterocycles. The van der Waals surface area contributed by atoms with E-state index in [0.717, 1.165) is 39.2 Å². The molecular weight excluding hydrogens is 380 g/mol. The van der Waals surface area contributed by atoms with Gasteiger partial charge in [0.05, 0.1) is 18.0 Å². The molecule has 0 unspecified atom stereocenters. The first-order valence-electron chi connectivity index (χ1n) is 8.20. The van der Waals surface area contributed by atoms with E-state index in [1.54, 1.807) is 6.26 Å². The Kier molecular flexibility index (Phi) is 3.41. The molecule has 25 heavy (non-hydrogen) atoms. The maximum atomic E-state index is 6.23. The van der Waals surface area contributed by atoms with Crippen LogP contribution < -0.4 is 4.74 Å². The number of halogens is 1. The van der Waals surface area contributed by atoms with Crippen molar-refractivity contribution >= 4 is 21.6 Å². The largest absolute Gasteiger partial charge is 0.463 e. The maximum absolute atomic E-state index is 6.23. The lowest BCUT2D eigenvalue weighted by Gasteiger charge is -2.37. The molecule has 0 fully saturated rings. The summed E-state index contributed by atoms with van der Waals surface area (Å²) in [6.45, 7) is 0. The molecule has 0 amide bonds. The number of hydrogen-bond donors (Lipinski definition) is 0. The van der Waals surface area contributed by atoms with Crippen molar-refractivity contribution in [1.82, 2.24) is 5.01 Å². The van der Waals surface area contributed by atoms with Gasteiger partial charge < -0.3 is 9.15 Å². The highest BCUT2D eigenvalue weighted by molar-refractivity contribution is 9.10. The molecule has 0 N–H and O–H groups in total. The zero-order valence-corrected chi connectivity index (χ0v) is 14.9. The fourth-order valence-electron chi connectivity index (χ4n) is 3.48. The van der Waals surface area contributed by atoms with Crippen LogP contribution in [-0.4, -0.2) is 10.7 Å². The van der Waals surface area contributed by atoms with Crippen LogP contribution >= 0.6 is 15.9 Å². The Morgan fingerprint density at radius 3 is 2.72 bits per heavy atom. The lowest BCUT2D eigenvalue weighted by Crippen LogP contribution is -2.33. The van der Waals surface area contributed by atoms with Gasteiger partial charge >= 0.3 is 0 Å². The third kappa shape index (κ3) is 2.46. The highest BCUT2D eigenvalue weighted by Gasteiger charge is 2.42. The molecular formula is C20H15BrN2O2. The Balaban J connectivity index is 1.61. The Morgan fingerprint density at radius 1 is 1.04 bits per heavy atom. The molecule has 3 aromatic rings. The molecule has 5 rings (SSSR count). The van der Waals surface area contributed by atoms with Gasteiger partial charge in [0.25, 0.3) is 0 Å². The van der Waals surface area contributed by atoms with Crippen molar-refractivity contribution in [3.63, 3.8) is 0 Å². The highest BCUT2D eigenvalue weighted by atomic mass is 79.9. The number of fused-ring (bicyclic) bond motifs is 3. The number of benzene rings is 2. The lowest BCUT2D eigenvalue weighted by molar-refractivity contribution is -0.0325. The van der Waals surface area contributed by atoms with Gasteiger partial charge in [-0.25, -0.2) is 5.01 Å². The van der Waals surface area contributed by atoms with Gasteiger partial charge in [0, 0.05) is 16.5 Å². The van der Waals surface area contributed by atoms with E-state index in [0.29, 0.717) is 0 Å². The van der Waals surface area contributed by atoms with Gasteiger partial charge in [-0.1, -0.05) is 46.3 Å². The summed E-state index contributed by atoms with van der Waals surface area (Å²) in [6, 6.07) is 20.4. The Labute approximate surface area is 153 Å². The smallest absolute Gasteiger partial charge is 0.246 e. The summed E-state index contributed by atoms with van der Waals surface area (Å²) in [6.07, 6.45) is 2.16. The molecule has 1 aromatic heterocycles. The zero-order valence-electron chi connectivity index (χ0n) is 13.3. The molecule has 0 saturated heterocycles. The summed E-state index contributed by atoms with van der Waals surface area (Å²) in [5.41, 5.74) is 3.36. The van der Waals surface area contributed by atoms with Crippen molar-refractivity contribution < 1.29 is 9.15 Å². The van der Waals surface area contributed by atoms with E-state index >= 15 is 0 Å². The number of ether oxygens (including phenoxy) is 1. The van der Waals surface area contributed by atoms with Gasteiger partial charge in [-0.05, 0) is 35.9 Å². The fraction of sp³-hybridized carbons (Fsp3) is 0.150. The standard InChI is InChI=1S/C20H15BrN2O2/c21-14-8-9-18-15(11-14)17-12-16(13-5-2-1-3-6-13)22-23(17)20(25-18)19-7-4-10-24-19/h1-11,17,20H,12H2/t17-,20-/m1/s1. The number of hydrogen-bond acceptors (Lipinski definition) is 4. The van der Waals surface area contributed by atoms with Gasteiger partial charge in [-0.2, -0.15) is 5.10 Å². The molecule has 124 valence electrons. The van der Waals surface area contributed by atoms with Crippen LogP contribution in [0, 0.1) is 0 Å². The summed E-state index contributed by atoms with van der Waals surface area (Å²) < 4.78 is 12.9. The van der Waals surface area contributed by atoms with Gasteiger partial charge in [0.1, 0.15) is 5.75 Å². The van der Waals surface area contributed by atoms with E-state index in [1.165, 1.54) is 0 Å². The van der Waals surface area contributed by atoms with E-state index in [4.69, 9.17) is 14.3 Å². The summed E-state index contributed by atoms with van der Waals surface area (Å²) in [5.74, 6) is 1.65. The molecule has 0 aliphatic carbocycles. The zero-order chi connectivity index (χ0) is 16.8. The summed E-state index contributed by atoms with van der Waals surface area (Å²) in [4.78, 5) is 0. The topological polar surface area (TPSA) is 38.0 Å². The summed E-state index contributed by atoms with van der Waals surface area (Å²) >= 11 is 3.57. The van der Waals surface area contributed by atoms with Crippen molar-refractivity contribution in [2.75, 3.05) is 0 Å². The number of nitrogens with zero attached hydrogens (tertiary/aromatic N) is 2. The van der Waals surface area contributed by atoms with Crippen LogP contribution in [-0.2, 0) is 0 Å². The first kappa shape index (κ1) is 14.8. The molecule has 0 bridgehead atoms. The number of hydrazone groups is 1. The van der Waals surface area contributed by atoms with Crippen molar-refractivity contribution in [3.05, 3.63) is 88.3 Å². The van der Waals surface area contributed by atoms with Gasteiger partial charge in [-0.3, -0.25) is 0 Å². The van der Waals surface area contributed by atoms with Crippen LogP contribution in [0.2, 0.25) is 0 Å². The van der Waals surface area contributed by atoms with E-state index in [9.17, 15) is 0 Å². The number of furan rings is 1. The molecule has 2 atom stereocenters. The van der Waals surface area contributed by atoms with Gasteiger partial charge in [0.2, 0.25) is 6.23 Å². The molecule has 2 aromatic carbocycles. The minimum Gasteiger partial charge on any atom is -0.463 e. The SMILES string of the molecule is Brc1ccc2c(c1)[C@H]1CC(c3ccccc3)=NN1[C@@H](c1ccco1)O2. The van der Waals surface area contributed by atoms with Gasteiger partial charge in [-0.15, -0.1) is 0 Å². The monoisotopic (exact) mass is 394 g/mol. The molecule has 5 heteroatoms. The van der Waals surface area contributed by atoms with Gasteiger partial charge in [0.15, 0.2) is 5.76 Å². The minimum absolute atomic E-state index is 0.131. The second kappa shape index (κ2) is 5.77. The molecule has 4 nitrogen and oxygen atoms in total. The third-order valence-electron chi connectivity index (χ3n) is 4.65. The first-order valence-corrected chi connectivity index (χ1v) is 8.99.